The number of hydrogen-bond donors (Lipinski definition) is 2. The summed E-state index contributed by atoms with van der Waals surface area (Å²) in [4.78, 5) is 18.6. The summed E-state index contributed by atoms with van der Waals surface area (Å²) < 4.78 is 0. The Bertz CT molecular complexity index is 898. The maximum atomic E-state index is 14.0. The first-order valence-electron chi connectivity index (χ1n) is 10.9. The third kappa shape index (κ3) is 5.88. The van der Waals surface area contributed by atoms with Gasteiger partial charge >= 0.3 is 0 Å². The van der Waals surface area contributed by atoms with Crippen molar-refractivity contribution in [2.75, 3.05) is 17.3 Å². The van der Waals surface area contributed by atoms with E-state index < -0.39 is 0 Å². The van der Waals surface area contributed by atoms with Crippen LogP contribution in [0.15, 0.2) is 27.1 Å². The molecule has 0 fully saturated rings. The van der Waals surface area contributed by atoms with Crippen LogP contribution in [0, 0.1) is 0 Å². The lowest BCUT2D eigenvalue weighted by Crippen LogP contribution is -2.19. The van der Waals surface area contributed by atoms with Gasteiger partial charge in [0, 0.05) is 16.7 Å². The summed E-state index contributed by atoms with van der Waals surface area (Å²) in [7, 11) is 0. The monoisotopic (exact) mass is 479 g/mol. The van der Waals surface area contributed by atoms with E-state index in [2.05, 4.69) is 67.3 Å². The minimum atomic E-state index is -0.274. The zero-order valence-corrected chi connectivity index (χ0v) is 22.8. The van der Waals surface area contributed by atoms with Crippen LogP contribution in [0.1, 0.15) is 89.4 Å². The van der Waals surface area contributed by atoms with E-state index in [0.29, 0.717) is 11.3 Å². The van der Waals surface area contributed by atoms with E-state index in [0.717, 1.165) is 48.9 Å². The van der Waals surface area contributed by atoms with Crippen LogP contribution in [-0.4, -0.2) is 33.1 Å². The summed E-state index contributed by atoms with van der Waals surface area (Å²) >= 11 is 5.16. The molecule has 1 aromatic heterocycles. The Hall–Kier alpha value is -0.980. The summed E-state index contributed by atoms with van der Waals surface area (Å²) in [6.45, 7) is 18.8. The Morgan fingerprint density at radius 3 is 1.71 bits per heavy atom. The van der Waals surface area contributed by atoms with Gasteiger partial charge in [-0.1, -0.05) is 62.3 Å². The Balaban J connectivity index is 2.79. The third-order valence-electron chi connectivity index (χ3n) is 4.97. The number of aromatic hydroxyl groups is 1. The van der Waals surface area contributed by atoms with Gasteiger partial charge < -0.3 is 10.1 Å². The van der Waals surface area contributed by atoms with Gasteiger partial charge in [0.25, 0.3) is 0 Å². The molecule has 0 saturated carbocycles. The molecule has 1 aromatic carbocycles. The molecule has 0 aliphatic rings. The van der Waals surface area contributed by atoms with Gasteiger partial charge in [0.1, 0.15) is 5.75 Å². The first-order valence-corrected chi connectivity index (χ1v) is 13.9. The molecule has 0 spiro atoms. The molecule has 2 N–H and O–H groups in total. The molecular weight excluding hydrogens is 442 g/mol. The fourth-order valence-corrected chi connectivity index (χ4v) is 6.27. The second-order valence-electron chi connectivity index (χ2n) is 9.54. The van der Waals surface area contributed by atoms with Gasteiger partial charge in [-0.15, -0.1) is 35.3 Å². The minimum Gasteiger partial charge on any atom is -0.507 e. The fourth-order valence-electron chi connectivity index (χ4n) is 3.48. The van der Waals surface area contributed by atoms with Gasteiger partial charge in [-0.05, 0) is 40.2 Å². The molecule has 2 aromatic rings. The standard InChI is InChI=1S/C25H37NO2S3/c1-10-29-21-18(22(30-11-2)26-23(21)31-12-3)19(27)15-13-16(24(4,5)6)20(28)17(14-15)25(7,8)9/h13-14,26,28H,10-12H2,1-9H3. The number of carbonyl (C=O) groups is 1. The highest BCUT2D eigenvalue weighted by Gasteiger charge is 2.30. The first kappa shape index (κ1) is 26.3. The second kappa shape index (κ2) is 10.3. The second-order valence-corrected chi connectivity index (χ2v) is 13.4. The SMILES string of the molecule is CCSc1[nH]c(SCC)c(C(=O)c2cc(C(C)(C)C)c(O)c(C(C)(C)C)c2)c1SCC. The van der Waals surface area contributed by atoms with Gasteiger partial charge in [0.2, 0.25) is 0 Å². The Kier molecular flexibility index (Phi) is 8.73. The van der Waals surface area contributed by atoms with Crippen LogP contribution < -0.4 is 0 Å². The number of benzene rings is 1. The topological polar surface area (TPSA) is 53.1 Å². The van der Waals surface area contributed by atoms with Gasteiger partial charge in [0.05, 0.1) is 20.5 Å². The van der Waals surface area contributed by atoms with Crippen molar-refractivity contribution in [1.29, 1.82) is 0 Å². The number of nitrogens with one attached hydrogen (secondary N) is 1. The highest BCUT2D eigenvalue weighted by atomic mass is 32.2. The minimum absolute atomic E-state index is 0.0297. The molecule has 6 heteroatoms. The number of hydrogen-bond acceptors (Lipinski definition) is 5. The molecule has 0 radical (unpaired) electrons. The van der Waals surface area contributed by atoms with Crippen LogP contribution in [0.3, 0.4) is 0 Å². The lowest BCUT2D eigenvalue weighted by molar-refractivity contribution is 0.103. The number of phenols is 1. The average Bonchev–Trinajstić information content (AvgIpc) is 2.97. The molecular formula is C25H37NO2S3. The molecule has 0 unspecified atom stereocenters. The van der Waals surface area contributed by atoms with Crippen molar-refractivity contribution in [1.82, 2.24) is 4.98 Å². The highest BCUT2D eigenvalue weighted by Crippen LogP contribution is 2.43. The molecule has 0 aliphatic heterocycles. The predicted octanol–water partition coefficient (Wildman–Crippen LogP) is 7.88. The maximum absolute atomic E-state index is 14.0. The normalized spacial score (nSPS) is 12.4. The number of H-pyrrole nitrogens is 1. The number of carbonyl (C=O) groups excluding carboxylic acids is 1. The Morgan fingerprint density at radius 2 is 1.29 bits per heavy atom. The van der Waals surface area contributed by atoms with Crippen molar-refractivity contribution in [3.05, 3.63) is 34.4 Å². The molecule has 3 nitrogen and oxygen atoms in total. The van der Waals surface area contributed by atoms with E-state index in [4.69, 9.17) is 0 Å². The fraction of sp³-hybridized carbons (Fsp3) is 0.560. The Morgan fingerprint density at radius 1 is 0.839 bits per heavy atom. The molecule has 0 atom stereocenters. The van der Waals surface area contributed by atoms with Crippen LogP contribution in [0.25, 0.3) is 0 Å². The van der Waals surface area contributed by atoms with E-state index in [1.165, 1.54) is 0 Å². The maximum Gasteiger partial charge on any atom is 0.196 e. The Labute approximate surface area is 200 Å². The van der Waals surface area contributed by atoms with Crippen molar-refractivity contribution in [3.63, 3.8) is 0 Å². The summed E-state index contributed by atoms with van der Waals surface area (Å²) in [5, 5.41) is 13.1. The molecule has 0 amide bonds. The smallest absolute Gasteiger partial charge is 0.196 e. The molecule has 172 valence electrons. The molecule has 2 rings (SSSR count). The third-order valence-corrected chi connectivity index (χ3v) is 7.85. The molecule has 0 aliphatic carbocycles. The lowest BCUT2D eigenvalue weighted by atomic mass is 9.78. The van der Waals surface area contributed by atoms with E-state index in [1.807, 2.05) is 12.1 Å². The number of rotatable bonds is 8. The summed E-state index contributed by atoms with van der Waals surface area (Å²) in [5.41, 5.74) is 2.51. The average molecular weight is 480 g/mol. The number of ketones is 1. The van der Waals surface area contributed by atoms with Crippen LogP contribution in [0.2, 0.25) is 0 Å². The summed E-state index contributed by atoms with van der Waals surface area (Å²) in [6.07, 6.45) is 0. The number of aromatic amines is 1. The zero-order chi connectivity index (χ0) is 23.6. The van der Waals surface area contributed by atoms with E-state index in [-0.39, 0.29) is 16.6 Å². The molecule has 1 heterocycles. The van der Waals surface area contributed by atoms with Crippen molar-refractivity contribution < 1.29 is 9.90 Å². The summed E-state index contributed by atoms with van der Waals surface area (Å²) in [5.74, 6) is 3.08. The van der Waals surface area contributed by atoms with Crippen molar-refractivity contribution in [2.24, 2.45) is 0 Å². The van der Waals surface area contributed by atoms with Crippen LogP contribution in [-0.2, 0) is 10.8 Å². The van der Waals surface area contributed by atoms with E-state index >= 15 is 0 Å². The quantitative estimate of drug-likeness (QED) is 0.298. The summed E-state index contributed by atoms with van der Waals surface area (Å²) in [6, 6.07) is 3.79. The van der Waals surface area contributed by atoms with E-state index in [1.54, 1.807) is 35.3 Å². The lowest BCUT2D eigenvalue weighted by Gasteiger charge is -2.28. The highest BCUT2D eigenvalue weighted by molar-refractivity contribution is 8.02. The van der Waals surface area contributed by atoms with Crippen molar-refractivity contribution in [3.8, 4) is 5.75 Å². The van der Waals surface area contributed by atoms with Gasteiger partial charge in [-0.3, -0.25) is 4.79 Å². The van der Waals surface area contributed by atoms with Crippen molar-refractivity contribution >= 4 is 41.1 Å². The molecule has 0 bridgehead atoms. The number of thioether (sulfide) groups is 3. The predicted molar refractivity (Wildman–Crippen MR) is 139 cm³/mol. The van der Waals surface area contributed by atoms with Crippen LogP contribution in [0.4, 0.5) is 0 Å². The van der Waals surface area contributed by atoms with Gasteiger partial charge in [-0.25, -0.2) is 0 Å². The van der Waals surface area contributed by atoms with Crippen molar-refractivity contribution in [2.45, 2.75) is 88.1 Å². The van der Waals surface area contributed by atoms with E-state index in [9.17, 15) is 9.90 Å². The number of aromatic nitrogens is 1. The van der Waals surface area contributed by atoms with Gasteiger partial charge in [0.15, 0.2) is 5.78 Å². The van der Waals surface area contributed by atoms with Gasteiger partial charge in [-0.2, -0.15) is 0 Å². The van der Waals surface area contributed by atoms with Crippen LogP contribution in [0.5, 0.6) is 5.75 Å². The van der Waals surface area contributed by atoms with Crippen LogP contribution >= 0.6 is 35.3 Å². The molecule has 31 heavy (non-hydrogen) atoms. The number of phenolic OH excluding ortho intramolecular Hbond substituents is 1. The largest absolute Gasteiger partial charge is 0.507 e. The zero-order valence-electron chi connectivity index (χ0n) is 20.4. The first-order chi connectivity index (χ1) is 14.4. The molecule has 0 saturated heterocycles.